The predicted molar refractivity (Wildman–Crippen MR) is 80.8 cm³/mol. The molecule has 3 rings (SSSR count). The maximum absolute atomic E-state index is 5.99. The Bertz CT molecular complexity index is 606. The number of hydrogen-bond donors (Lipinski definition) is 1. The summed E-state index contributed by atoms with van der Waals surface area (Å²) in [4.78, 5) is 8.96. The van der Waals surface area contributed by atoms with Crippen molar-refractivity contribution in [1.82, 2.24) is 9.97 Å². The topological polar surface area (TPSA) is 64.9 Å². The molecule has 6 heteroatoms. The van der Waals surface area contributed by atoms with Gasteiger partial charge in [-0.2, -0.15) is 0 Å². The number of nitrogens with zero attached hydrogens (tertiary/aromatic N) is 2. The third kappa shape index (κ3) is 2.43. The third-order valence-corrected chi connectivity index (χ3v) is 4.90. The van der Waals surface area contributed by atoms with Crippen LogP contribution in [0.4, 0.5) is 5.82 Å². The van der Waals surface area contributed by atoms with Crippen molar-refractivity contribution in [1.29, 1.82) is 0 Å². The predicted octanol–water partition coefficient (Wildman–Crippen LogP) is 4.50. The number of anilines is 1. The first-order chi connectivity index (χ1) is 9.16. The highest BCUT2D eigenvalue weighted by molar-refractivity contribution is 9.11. The smallest absolute Gasteiger partial charge is 0.199 e. The molecule has 2 aromatic heterocycles. The van der Waals surface area contributed by atoms with Crippen LogP contribution >= 0.6 is 31.9 Å². The molecule has 0 spiro atoms. The van der Waals surface area contributed by atoms with Gasteiger partial charge in [-0.15, -0.1) is 0 Å². The van der Waals surface area contributed by atoms with E-state index in [2.05, 4.69) is 41.8 Å². The van der Waals surface area contributed by atoms with Crippen LogP contribution in [-0.4, -0.2) is 9.97 Å². The average molecular weight is 387 g/mol. The Morgan fingerprint density at radius 3 is 2.58 bits per heavy atom. The van der Waals surface area contributed by atoms with E-state index >= 15 is 0 Å². The molecule has 0 aliphatic heterocycles. The van der Waals surface area contributed by atoms with Crippen LogP contribution in [0.5, 0.6) is 0 Å². The number of hydrogen-bond acceptors (Lipinski definition) is 4. The van der Waals surface area contributed by atoms with E-state index in [4.69, 9.17) is 10.2 Å². The molecule has 100 valence electrons. The molecule has 0 unspecified atom stereocenters. The molecule has 4 nitrogen and oxygen atoms in total. The summed E-state index contributed by atoms with van der Waals surface area (Å²) >= 11 is 6.94. The molecule has 2 N–H and O–H groups in total. The van der Waals surface area contributed by atoms with E-state index in [1.165, 1.54) is 12.8 Å². The molecule has 0 amide bonds. The molecule has 0 bridgehead atoms. The van der Waals surface area contributed by atoms with Crippen molar-refractivity contribution in [3.63, 3.8) is 0 Å². The minimum atomic E-state index is 0.465. The van der Waals surface area contributed by atoms with Gasteiger partial charge in [0.15, 0.2) is 11.6 Å². The molecule has 0 radical (unpaired) electrons. The summed E-state index contributed by atoms with van der Waals surface area (Å²) in [6.07, 6.45) is 6.43. The lowest BCUT2D eigenvalue weighted by molar-refractivity contribution is 0.574. The number of nitrogens with two attached hydrogens (primary N) is 1. The fourth-order valence-electron chi connectivity index (χ4n) is 2.51. The van der Waals surface area contributed by atoms with Crippen molar-refractivity contribution in [3.8, 4) is 11.6 Å². The number of furan rings is 1. The molecular formula is C13H13Br2N3O. The summed E-state index contributed by atoms with van der Waals surface area (Å²) in [5, 5.41) is 0. The largest absolute Gasteiger partial charge is 0.460 e. The maximum Gasteiger partial charge on any atom is 0.199 e. The number of halogens is 2. The molecule has 1 aliphatic carbocycles. The minimum Gasteiger partial charge on any atom is -0.460 e. The fraction of sp³-hybridized carbons (Fsp3) is 0.385. The first-order valence-electron chi connectivity index (χ1n) is 6.23. The summed E-state index contributed by atoms with van der Waals surface area (Å²) in [7, 11) is 0. The zero-order valence-corrected chi connectivity index (χ0v) is 13.4. The van der Waals surface area contributed by atoms with Gasteiger partial charge in [-0.1, -0.05) is 12.8 Å². The Balaban J connectivity index is 2.10. The van der Waals surface area contributed by atoms with E-state index in [9.17, 15) is 0 Å². The van der Waals surface area contributed by atoms with Gasteiger partial charge in [0.25, 0.3) is 0 Å². The first kappa shape index (κ1) is 13.1. The van der Waals surface area contributed by atoms with Crippen LogP contribution in [0.3, 0.4) is 0 Å². The number of rotatable bonds is 2. The fourth-order valence-corrected chi connectivity index (χ4v) is 3.39. The third-order valence-electron chi connectivity index (χ3n) is 3.46. The molecule has 2 heterocycles. The molecule has 1 fully saturated rings. The van der Waals surface area contributed by atoms with Crippen LogP contribution in [0.15, 0.2) is 25.7 Å². The van der Waals surface area contributed by atoms with Crippen molar-refractivity contribution < 1.29 is 4.42 Å². The van der Waals surface area contributed by atoms with E-state index in [0.717, 1.165) is 27.5 Å². The van der Waals surface area contributed by atoms with Crippen molar-refractivity contribution in [2.75, 3.05) is 5.73 Å². The van der Waals surface area contributed by atoms with E-state index in [1.807, 2.05) is 6.07 Å². The van der Waals surface area contributed by atoms with Gasteiger partial charge >= 0.3 is 0 Å². The highest BCUT2D eigenvalue weighted by Crippen LogP contribution is 2.39. The molecule has 19 heavy (non-hydrogen) atoms. The van der Waals surface area contributed by atoms with Crippen LogP contribution in [0.1, 0.15) is 37.3 Å². The Morgan fingerprint density at radius 1 is 1.21 bits per heavy atom. The van der Waals surface area contributed by atoms with Gasteiger partial charge in [0, 0.05) is 5.92 Å². The Kier molecular flexibility index (Phi) is 3.62. The van der Waals surface area contributed by atoms with Gasteiger partial charge in [-0.05, 0) is 50.8 Å². The standard InChI is InChI=1S/C13H13Br2N3O/c14-8-5-6-19-11(8)13-17-10(7-3-1-2-4-7)9(15)12(16)18-13/h5-7H,1-4H2,(H2,16,17,18). The summed E-state index contributed by atoms with van der Waals surface area (Å²) in [6.45, 7) is 0. The van der Waals surface area contributed by atoms with Gasteiger partial charge < -0.3 is 10.2 Å². The normalized spacial score (nSPS) is 16.1. The Morgan fingerprint density at radius 2 is 1.95 bits per heavy atom. The van der Waals surface area contributed by atoms with E-state index < -0.39 is 0 Å². The monoisotopic (exact) mass is 385 g/mol. The first-order valence-corrected chi connectivity index (χ1v) is 7.81. The highest BCUT2D eigenvalue weighted by atomic mass is 79.9. The molecule has 2 aromatic rings. The number of aromatic nitrogens is 2. The van der Waals surface area contributed by atoms with E-state index in [0.29, 0.717) is 23.3 Å². The zero-order valence-electron chi connectivity index (χ0n) is 10.2. The van der Waals surface area contributed by atoms with Crippen LogP contribution in [0.25, 0.3) is 11.6 Å². The second-order valence-corrected chi connectivity index (χ2v) is 6.36. The lowest BCUT2D eigenvalue weighted by Gasteiger charge is -2.13. The van der Waals surface area contributed by atoms with Crippen molar-refractivity contribution in [2.24, 2.45) is 0 Å². The summed E-state index contributed by atoms with van der Waals surface area (Å²) in [5.74, 6) is 2.10. The molecule has 0 aromatic carbocycles. The number of nitrogen functional groups attached to an aromatic ring is 1. The van der Waals surface area contributed by atoms with Gasteiger partial charge in [0.2, 0.25) is 0 Å². The summed E-state index contributed by atoms with van der Waals surface area (Å²) in [5.41, 5.74) is 6.99. The lowest BCUT2D eigenvalue weighted by Crippen LogP contribution is -2.05. The van der Waals surface area contributed by atoms with Crippen molar-refractivity contribution in [2.45, 2.75) is 31.6 Å². The van der Waals surface area contributed by atoms with Crippen molar-refractivity contribution >= 4 is 37.7 Å². The van der Waals surface area contributed by atoms with Gasteiger partial charge in [0.1, 0.15) is 5.82 Å². The molecule has 1 aliphatic rings. The van der Waals surface area contributed by atoms with Gasteiger partial charge in [-0.3, -0.25) is 0 Å². The maximum atomic E-state index is 5.99. The molecular weight excluding hydrogens is 374 g/mol. The lowest BCUT2D eigenvalue weighted by atomic mass is 10.0. The second-order valence-electron chi connectivity index (χ2n) is 4.71. The molecule has 0 saturated heterocycles. The quantitative estimate of drug-likeness (QED) is 0.824. The van der Waals surface area contributed by atoms with Gasteiger partial charge in [-0.25, -0.2) is 9.97 Å². The molecule has 1 saturated carbocycles. The van der Waals surface area contributed by atoms with Gasteiger partial charge in [0.05, 0.1) is 20.9 Å². The summed E-state index contributed by atoms with van der Waals surface area (Å²) < 4.78 is 7.08. The highest BCUT2D eigenvalue weighted by Gasteiger charge is 2.24. The van der Waals surface area contributed by atoms with Crippen LogP contribution in [-0.2, 0) is 0 Å². The minimum absolute atomic E-state index is 0.465. The molecule has 0 atom stereocenters. The zero-order chi connectivity index (χ0) is 13.4. The van der Waals surface area contributed by atoms with E-state index in [-0.39, 0.29) is 0 Å². The Hall–Kier alpha value is -0.880. The van der Waals surface area contributed by atoms with Crippen LogP contribution in [0, 0.1) is 0 Å². The Labute approximate surface area is 128 Å². The second kappa shape index (κ2) is 5.25. The van der Waals surface area contributed by atoms with Crippen LogP contribution < -0.4 is 5.73 Å². The van der Waals surface area contributed by atoms with Crippen LogP contribution in [0.2, 0.25) is 0 Å². The average Bonchev–Trinajstić information content (AvgIpc) is 3.03. The van der Waals surface area contributed by atoms with Crippen molar-refractivity contribution in [3.05, 3.63) is 27.0 Å². The van der Waals surface area contributed by atoms with E-state index in [1.54, 1.807) is 6.26 Å². The SMILES string of the molecule is Nc1nc(-c2occc2Br)nc(C2CCCC2)c1Br. The summed E-state index contributed by atoms with van der Waals surface area (Å²) in [6, 6.07) is 1.83.